The zero-order chi connectivity index (χ0) is 15.1. The lowest BCUT2D eigenvalue weighted by atomic mass is 9.98. The lowest BCUT2D eigenvalue weighted by Gasteiger charge is -2.22. The molecule has 1 aromatic carbocycles. The summed E-state index contributed by atoms with van der Waals surface area (Å²) >= 11 is 0. The standard InChI is InChI=1S/C16H24N2O3/c1-20-14-9-5-8-13(17)15(14)16(19)18-10-11-21-12-6-3-2-4-7-12/h5,8-9,12H,2-4,6-7,10-11,17H2,1H3,(H,18,19). The van der Waals surface area contributed by atoms with Gasteiger partial charge in [-0.05, 0) is 25.0 Å². The first-order valence-electron chi connectivity index (χ1n) is 7.54. The Labute approximate surface area is 125 Å². The Balaban J connectivity index is 1.79. The second-order valence-corrected chi connectivity index (χ2v) is 5.31. The van der Waals surface area contributed by atoms with E-state index in [0.717, 1.165) is 12.8 Å². The quantitative estimate of drug-likeness (QED) is 0.623. The van der Waals surface area contributed by atoms with Crippen molar-refractivity contribution in [1.82, 2.24) is 5.32 Å². The normalized spacial score (nSPS) is 15.7. The van der Waals surface area contributed by atoms with Gasteiger partial charge in [0, 0.05) is 12.2 Å². The maximum absolute atomic E-state index is 12.2. The first kappa shape index (κ1) is 15.6. The van der Waals surface area contributed by atoms with E-state index in [1.54, 1.807) is 18.2 Å². The third kappa shape index (κ3) is 4.36. The molecule has 0 saturated heterocycles. The van der Waals surface area contributed by atoms with Crippen LogP contribution in [0.3, 0.4) is 0 Å². The number of anilines is 1. The molecule has 0 aromatic heterocycles. The number of amides is 1. The predicted molar refractivity (Wildman–Crippen MR) is 82.6 cm³/mol. The molecule has 1 saturated carbocycles. The van der Waals surface area contributed by atoms with Gasteiger partial charge in [0.1, 0.15) is 11.3 Å². The van der Waals surface area contributed by atoms with E-state index in [1.165, 1.54) is 26.4 Å². The SMILES string of the molecule is COc1cccc(N)c1C(=O)NCCOC1CCCCC1. The van der Waals surface area contributed by atoms with Gasteiger partial charge >= 0.3 is 0 Å². The minimum atomic E-state index is -0.225. The van der Waals surface area contributed by atoms with Gasteiger partial charge < -0.3 is 20.5 Å². The zero-order valence-corrected chi connectivity index (χ0v) is 12.6. The molecule has 0 atom stereocenters. The van der Waals surface area contributed by atoms with Crippen molar-refractivity contribution in [2.24, 2.45) is 0 Å². The van der Waals surface area contributed by atoms with Crippen LogP contribution in [0.4, 0.5) is 5.69 Å². The van der Waals surface area contributed by atoms with Crippen LogP contribution < -0.4 is 15.8 Å². The average molecular weight is 292 g/mol. The molecular formula is C16H24N2O3. The highest BCUT2D eigenvalue weighted by Gasteiger charge is 2.16. The Hall–Kier alpha value is -1.75. The van der Waals surface area contributed by atoms with Crippen LogP contribution in [-0.4, -0.2) is 32.3 Å². The fourth-order valence-corrected chi connectivity index (χ4v) is 2.67. The van der Waals surface area contributed by atoms with Crippen molar-refractivity contribution < 1.29 is 14.3 Å². The highest BCUT2D eigenvalue weighted by molar-refractivity contribution is 6.01. The van der Waals surface area contributed by atoms with Crippen molar-refractivity contribution in [2.45, 2.75) is 38.2 Å². The van der Waals surface area contributed by atoms with Crippen LogP contribution in [0.5, 0.6) is 5.75 Å². The summed E-state index contributed by atoms with van der Waals surface area (Å²) in [5, 5.41) is 2.83. The smallest absolute Gasteiger partial charge is 0.257 e. The van der Waals surface area contributed by atoms with Gasteiger partial charge in [-0.1, -0.05) is 25.3 Å². The van der Waals surface area contributed by atoms with Crippen LogP contribution >= 0.6 is 0 Å². The van der Waals surface area contributed by atoms with Crippen molar-refractivity contribution >= 4 is 11.6 Å². The first-order chi connectivity index (χ1) is 10.2. The fraction of sp³-hybridized carbons (Fsp3) is 0.562. The molecule has 21 heavy (non-hydrogen) atoms. The van der Waals surface area contributed by atoms with Gasteiger partial charge in [0.2, 0.25) is 0 Å². The van der Waals surface area contributed by atoms with E-state index in [2.05, 4.69) is 5.32 Å². The van der Waals surface area contributed by atoms with Crippen LogP contribution in [0.25, 0.3) is 0 Å². The summed E-state index contributed by atoms with van der Waals surface area (Å²) in [5.41, 5.74) is 6.65. The van der Waals surface area contributed by atoms with Crippen molar-refractivity contribution in [3.8, 4) is 5.75 Å². The number of nitrogens with two attached hydrogens (primary N) is 1. The number of carbonyl (C=O) groups is 1. The maximum atomic E-state index is 12.2. The summed E-state index contributed by atoms with van der Waals surface area (Å²) in [5.74, 6) is 0.262. The third-order valence-corrected chi connectivity index (χ3v) is 3.80. The molecule has 0 spiro atoms. The van der Waals surface area contributed by atoms with Gasteiger partial charge in [-0.3, -0.25) is 4.79 Å². The predicted octanol–water partition coefficient (Wildman–Crippen LogP) is 2.36. The van der Waals surface area contributed by atoms with Gasteiger partial charge in [-0.15, -0.1) is 0 Å². The number of methoxy groups -OCH3 is 1. The Morgan fingerprint density at radius 3 is 2.81 bits per heavy atom. The number of nitrogens with one attached hydrogen (secondary N) is 1. The number of benzene rings is 1. The van der Waals surface area contributed by atoms with E-state index in [4.69, 9.17) is 15.2 Å². The maximum Gasteiger partial charge on any atom is 0.257 e. The second kappa shape index (κ2) is 7.88. The largest absolute Gasteiger partial charge is 0.496 e. The number of hydrogen-bond donors (Lipinski definition) is 2. The molecule has 0 bridgehead atoms. The highest BCUT2D eigenvalue weighted by atomic mass is 16.5. The van der Waals surface area contributed by atoms with Gasteiger partial charge in [-0.25, -0.2) is 0 Å². The van der Waals surface area contributed by atoms with Crippen LogP contribution in [0.1, 0.15) is 42.5 Å². The summed E-state index contributed by atoms with van der Waals surface area (Å²) < 4.78 is 11.0. The van der Waals surface area contributed by atoms with Crippen LogP contribution in [0, 0.1) is 0 Å². The molecule has 2 rings (SSSR count). The Bertz CT molecular complexity index is 471. The zero-order valence-electron chi connectivity index (χ0n) is 12.6. The lowest BCUT2D eigenvalue weighted by molar-refractivity contribution is 0.0299. The lowest BCUT2D eigenvalue weighted by Crippen LogP contribution is -2.30. The molecule has 0 unspecified atom stereocenters. The molecule has 1 aliphatic rings. The highest BCUT2D eigenvalue weighted by Crippen LogP contribution is 2.23. The monoisotopic (exact) mass is 292 g/mol. The third-order valence-electron chi connectivity index (χ3n) is 3.80. The van der Waals surface area contributed by atoms with Crippen LogP contribution in [0.2, 0.25) is 0 Å². The molecule has 1 aliphatic carbocycles. The summed E-state index contributed by atoms with van der Waals surface area (Å²) in [4.78, 5) is 12.2. The molecule has 5 nitrogen and oxygen atoms in total. The van der Waals surface area contributed by atoms with Crippen molar-refractivity contribution in [2.75, 3.05) is 26.0 Å². The molecule has 0 heterocycles. The van der Waals surface area contributed by atoms with E-state index in [1.807, 2.05) is 0 Å². The first-order valence-corrected chi connectivity index (χ1v) is 7.54. The Morgan fingerprint density at radius 2 is 2.10 bits per heavy atom. The van der Waals surface area contributed by atoms with Crippen LogP contribution in [-0.2, 0) is 4.74 Å². The van der Waals surface area contributed by atoms with Crippen LogP contribution in [0.15, 0.2) is 18.2 Å². The van der Waals surface area contributed by atoms with E-state index >= 15 is 0 Å². The van der Waals surface area contributed by atoms with E-state index < -0.39 is 0 Å². The van der Waals surface area contributed by atoms with Gasteiger partial charge in [-0.2, -0.15) is 0 Å². The van der Waals surface area contributed by atoms with Crippen molar-refractivity contribution in [3.05, 3.63) is 23.8 Å². The molecule has 5 heteroatoms. The second-order valence-electron chi connectivity index (χ2n) is 5.31. The summed E-state index contributed by atoms with van der Waals surface area (Å²) in [6, 6.07) is 5.18. The summed E-state index contributed by atoms with van der Waals surface area (Å²) in [7, 11) is 1.53. The summed E-state index contributed by atoms with van der Waals surface area (Å²) in [6.45, 7) is 1.01. The summed E-state index contributed by atoms with van der Waals surface area (Å²) in [6.07, 6.45) is 6.42. The molecule has 0 aliphatic heterocycles. The Morgan fingerprint density at radius 1 is 1.33 bits per heavy atom. The number of nitrogen functional groups attached to an aromatic ring is 1. The van der Waals surface area contributed by atoms with Gasteiger partial charge in [0.25, 0.3) is 5.91 Å². The van der Waals surface area contributed by atoms with E-state index in [-0.39, 0.29) is 5.91 Å². The number of rotatable bonds is 6. The molecular weight excluding hydrogens is 268 g/mol. The molecule has 1 amide bonds. The van der Waals surface area contributed by atoms with Crippen molar-refractivity contribution in [1.29, 1.82) is 0 Å². The molecule has 0 radical (unpaired) electrons. The minimum Gasteiger partial charge on any atom is -0.496 e. The topological polar surface area (TPSA) is 73.6 Å². The molecule has 3 N–H and O–H groups in total. The van der Waals surface area contributed by atoms with Crippen molar-refractivity contribution in [3.63, 3.8) is 0 Å². The fourth-order valence-electron chi connectivity index (χ4n) is 2.67. The minimum absolute atomic E-state index is 0.225. The number of hydrogen-bond acceptors (Lipinski definition) is 4. The molecule has 116 valence electrons. The Kier molecular flexibility index (Phi) is 5.87. The number of ether oxygens (including phenoxy) is 2. The average Bonchev–Trinajstić information content (AvgIpc) is 2.52. The molecule has 1 aromatic rings. The van der Waals surface area contributed by atoms with Gasteiger partial charge in [0.15, 0.2) is 0 Å². The van der Waals surface area contributed by atoms with Gasteiger partial charge in [0.05, 0.1) is 19.8 Å². The van der Waals surface area contributed by atoms with E-state index in [0.29, 0.717) is 36.3 Å². The van der Waals surface area contributed by atoms with E-state index in [9.17, 15) is 4.79 Å². The number of carbonyl (C=O) groups excluding carboxylic acids is 1. The molecule has 1 fully saturated rings.